The average molecular weight is 358 g/mol. The summed E-state index contributed by atoms with van der Waals surface area (Å²) in [6, 6.07) is 9.78. The highest BCUT2D eigenvalue weighted by atomic mass is 16.5. The summed E-state index contributed by atoms with van der Waals surface area (Å²) in [5.41, 5.74) is 0.0405. The van der Waals surface area contributed by atoms with Crippen LogP contribution in [0.15, 0.2) is 30.3 Å². The minimum atomic E-state index is -0.888. The molecule has 0 bridgehead atoms. The first kappa shape index (κ1) is 18.5. The standard InChI is InChI=1S/C19H26N4O3/c1-14(2)26-11-7-10-20-18(24)19(3)13-25-12-16-21-22-17(23(16)19)15-8-5-4-6-9-15/h4-6,8-9,14H,7,10-13H2,1-3H3,(H,20,24). The number of rotatable bonds is 7. The van der Waals surface area contributed by atoms with Crippen LogP contribution >= 0.6 is 0 Å². The molecule has 0 saturated heterocycles. The van der Waals surface area contributed by atoms with Gasteiger partial charge in [0, 0.05) is 18.7 Å². The van der Waals surface area contributed by atoms with Gasteiger partial charge < -0.3 is 14.8 Å². The van der Waals surface area contributed by atoms with Gasteiger partial charge in [-0.15, -0.1) is 10.2 Å². The zero-order chi connectivity index (χ0) is 18.6. The highest BCUT2D eigenvalue weighted by Gasteiger charge is 2.42. The molecule has 1 atom stereocenters. The first-order valence-electron chi connectivity index (χ1n) is 9.00. The quantitative estimate of drug-likeness (QED) is 0.767. The van der Waals surface area contributed by atoms with Crippen molar-refractivity contribution in [3.05, 3.63) is 36.2 Å². The molecule has 1 aliphatic rings. The molecule has 1 unspecified atom stereocenters. The normalized spacial score (nSPS) is 19.4. The fraction of sp³-hybridized carbons (Fsp3) is 0.526. The Morgan fingerprint density at radius 3 is 2.85 bits per heavy atom. The Morgan fingerprint density at radius 2 is 2.12 bits per heavy atom. The lowest BCUT2D eigenvalue weighted by molar-refractivity contribution is -0.135. The molecule has 140 valence electrons. The van der Waals surface area contributed by atoms with Gasteiger partial charge in [-0.1, -0.05) is 30.3 Å². The SMILES string of the molecule is CC(C)OCCCNC(=O)C1(C)COCc2nnc(-c3ccccc3)n21. The average Bonchev–Trinajstić information content (AvgIpc) is 3.07. The molecular weight excluding hydrogens is 332 g/mol. The van der Waals surface area contributed by atoms with E-state index in [2.05, 4.69) is 15.5 Å². The van der Waals surface area contributed by atoms with Gasteiger partial charge in [-0.25, -0.2) is 0 Å². The van der Waals surface area contributed by atoms with Crippen molar-refractivity contribution in [3.63, 3.8) is 0 Å². The predicted molar refractivity (Wildman–Crippen MR) is 97.5 cm³/mol. The van der Waals surface area contributed by atoms with E-state index in [4.69, 9.17) is 9.47 Å². The molecule has 3 rings (SSSR count). The number of nitrogens with one attached hydrogen (secondary N) is 1. The number of hydrogen-bond donors (Lipinski definition) is 1. The molecule has 2 aromatic rings. The predicted octanol–water partition coefficient (Wildman–Crippen LogP) is 2.12. The smallest absolute Gasteiger partial charge is 0.248 e. The van der Waals surface area contributed by atoms with E-state index in [1.54, 1.807) is 0 Å². The molecule has 1 amide bonds. The molecule has 7 heteroatoms. The van der Waals surface area contributed by atoms with Crippen molar-refractivity contribution >= 4 is 5.91 Å². The van der Waals surface area contributed by atoms with E-state index in [1.165, 1.54) is 0 Å². The van der Waals surface area contributed by atoms with Crippen molar-refractivity contribution in [1.29, 1.82) is 0 Å². The van der Waals surface area contributed by atoms with Crippen LogP contribution in [0.4, 0.5) is 0 Å². The highest BCUT2D eigenvalue weighted by Crippen LogP contribution is 2.30. The van der Waals surface area contributed by atoms with Gasteiger partial charge in [0.1, 0.15) is 12.1 Å². The number of hydrogen-bond acceptors (Lipinski definition) is 5. The number of ether oxygens (including phenoxy) is 2. The second-order valence-corrected chi connectivity index (χ2v) is 6.94. The Balaban J connectivity index is 1.77. The van der Waals surface area contributed by atoms with Crippen molar-refractivity contribution in [1.82, 2.24) is 20.1 Å². The molecule has 1 N–H and O–H groups in total. The van der Waals surface area contributed by atoms with Crippen molar-refractivity contribution in [2.75, 3.05) is 19.8 Å². The molecule has 0 aliphatic carbocycles. The second-order valence-electron chi connectivity index (χ2n) is 6.94. The maximum absolute atomic E-state index is 13.0. The summed E-state index contributed by atoms with van der Waals surface area (Å²) in [5, 5.41) is 11.5. The number of carbonyl (C=O) groups is 1. The third kappa shape index (κ3) is 3.78. The minimum absolute atomic E-state index is 0.0972. The monoisotopic (exact) mass is 358 g/mol. The van der Waals surface area contributed by atoms with Crippen molar-refractivity contribution in [2.45, 2.75) is 45.4 Å². The molecule has 0 saturated carbocycles. The van der Waals surface area contributed by atoms with Crippen LogP contribution in [0.3, 0.4) is 0 Å². The summed E-state index contributed by atoms with van der Waals surface area (Å²) in [5.74, 6) is 1.25. The molecule has 0 fully saturated rings. The van der Waals surface area contributed by atoms with Gasteiger partial charge in [-0.3, -0.25) is 9.36 Å². The number of fused-ring (bicyclic) bond motifs is 1. The van der Waals surface area contributed by atoms with Crippen LogP contribution < -0.4 is 5.32 Å². The Morgan fingerprint density at radius 1 is 1.35 bits per heavy atom. The maximum atomic E-state index is 13.0. The summed E-state index contributed by atoms with van der Waals surface area (Å²) in [4.78, 5) is 13.0. The van der Waals surface area contributed by atoms with Crippen LogP contribution in [0.1, 0.15) is 33.0 Å². The van der Waals surface area contributed by atoms with Gasteiger partial charge in [0.25, 0.3) is 0 Å². The molecule has 1 aliphatic heterocycles. The highest BCUT2D eigenvalue weighted by molar-refractivity contribution is 5.85. The zero-order valence-electron chi connectivity index (χ0n) is 15.6. The van der Waals surface area contributed by atoms with E-state index in [1.807, 2.05) is 55.7 Å². The fourth-order valence-electron chi connectivity index (χ4n) is 3.06. The topological polar surface area (TPSA) is 78.3 Å². The Hall–Kier alpha value is -2.25. The lowest BCUT2D eigenvalue weighted by Crippen LogP contribution is -2.53. The first-order chi connectivity index (χ1) is 12.5. The largest absolute Gasteiger partial charge is 0.379 e. The van der Waals surface area contributed by atoms with Gasteiger partial charge in [0.15, 0.2) is 11.6 Å². The van der Waals surface area contributed by atoms with E-state index in [0.717, 1.165) is 12.0 Å². The third-order valence-electron chi connectivity index (χ3n) is 4.42. The van der Waals surface area contributed by atoms with Crippen LogP contribution in [0.25, 0.3) is 11.4 Å². The van der Waals surface area contributed by atoms with Crippen molar-refractivity contribution in [2.24, 2.45) is 0 Å². The second kappa shape index (κ2) is 7.97. The number of aromatic nitrogens is 3. The van der Waals surface area contributed by atoms with E-state index >= 15 is 0 Å². The van der Waals surface area contributed by atoms with Crippen LogP contribution in [-0.4, -0.2) is 46.5 Å². The number of benzene rings is 1. The lowest BCUT2D eigenvalue weighted by Gasteiger charge is -2.35. The molecular formula is C19H26N4O3. The van der Waals surface area contributed by atoms with Gasteiger partial charge in [0.05, 0.1) is 12.7 Å². The van der Waals surface area contributed by atoms with E-state index in [-0.39, 0.29) is 18.6 Å². The van der Waals surface area contributed by atoms with Gasteiger partial charge in [-0.05, 0) is 27.2 Å². The summed E-state index contributed by atoms with van der Waals surface area (Å²) in [6.45, 7) is 7.68. The van der Waals surface area contributed by atoms with Crippen molar-refractivity contribution < 1.29 is 14.3 Å². The van der Waals surface area contributed by atoms with E-state index in [9.17, 15) is 4.79 Å². The van der Waals surface area contributed by atoms with Gasteiger partial charge in [0.2, 0.25) is 5.91 Å². The molecule has 0 radical (unpaired) electrons. The number of nitrogens with zero attached hydrogens (tertiary/aromatic N) is 3. The summed E-state index contributed by atoms with van der Waals surface area (Å²) < 4.78 is 13.1. The Labute approximate surface area is 153 Å². The van der Waals surface area contributed by atoms with Crippen LogP contribution in [0.5, 0.6) is 0 Å². The van der Waals surface area contributed by atoms with E-state index < -0.39 is 5.54 Å². The maximum Gasteiger partial charge on any atom is 0.248 e. The van der Waals surface area contributed by atoms with Crippen LogP contribution in [-0.2, 0) is 26.4 Å². The zero-order valence-corrected chi connectivity index (χ0v) is 15.6. The summed E-state index contributed by atoms with van der Waals surface area (Å²) in [7, 11) is 0. The molecule has 2 heterocycles. The lowest BCUT2D eigenvalue weighted by atomic mass is 9.99. The molecule has 1 aromatic carbocycles. The third-order valence-corrected chi connectivity index (χ3v) is 4.42. The Bertz CT molecular complexity index is 744. The van der Waals surface area contributed by atoms with Crippen LogP contribution in [0.2, 0.25) is 0 Å². The fourth-order valence-corrected chi connectivity index (χ4v) is 3.06. The summed E-state index contributed by atoms with van der Waals surface area (Å²) >= 11 is 0. The van der Waals surface area contributed by atoms with Gasteiger partial charge in [-0.2, -0.15) is 0 Å². The van der Waals surface area contributed by atoms with E-state index in [0.29, 0.717) is 31.4 Å². The van der Waals surface area contributed by atoms with Gasteiger partial charge >= 0.3 is 0 Å². The number of amides is 1. The molecule has 0 spiro atoms. The molecule has 7 nitrogen and oxygen atoms in total. The summed E-state index contributed by atoms with van der Waals surface area (Å²) in [6.07, 6.45) is 0.963. The number of carbonyl (C=O) groups excluding carboxylic acids is 1. The Kier molecular flexibility index (Phi) is 5.68. The first-order valence-corrected chi connectivity index (χ1v) is 9.00. The molecule has 26 heavy (non-hydrogen) atoms. The molecule has 1 aromatic heterocycles. The minimum Gasteiger partial charge on any atom is -0.379 e. The van der Waals surface area contributed by atoms with Crippen LogP contribution in [0, 0.1) is 0 Å². The van der Waals surface area contributed by atoms with Crippen molar-refractivity contribution in [3.8, 4) is 11.4 Å².